The molecule has 0 unspecified atom stereocenters. The molecule has 0 aliphatic carbocycles. The second-order valence-corrected chi connectivity index (χ2v) is 7.82. The monoisotopic (exact) mass is 387 g/mol. The first kappa shape index (κ1) is 20.2. The fourth-order valence-corrected chi connectivity index (χ4v) is 3.86. The Balaban J connectivity index is 1.48. The van der Waals surface area contributed by atoms with Crippen molar-refractivity contribution in [1.29, 1.82) is 0 Å². The van der Waals surface area contributed by atoms with Crippen LogP contribution in [0.15, 0.2) is 18.2 Å². The molecule has 1 aromatic rings. The zero-order valence-electron chi connectivity index (χ0n) is 16.9. The number of aryl methyl sites for hydroxylation is 2. The molecule has 2 heterocycles. The molecule has 152 valence electrons. The molecule has 0 bridgehead atoms. The van der Waals surface area contributed by atoms with Gasteiger partial charge in [0.25, 0.3) is 0 Å². The number of amides is 3. The van der Waals surface area contributed by atoms with E-state index >= 15 is 0 Å². The molecule has 3 rings (SSSR count). The SMILES string of the molecule is COC(=O)N1CCC(CNC(=O)[C@@H]2CC(=O)N(c3ccc(C)c(C)c3)C2)CC1. The summed E-state index contributed by atoms with van der Waals surface area (Å²) in [6, 6.07) is 5.95. The van der Waals surface area contributed by atoms with Gasteiger partial charge in [-0.15, -0.1) is 0 Å². The highest BCUT2D eigenvalue weighted by Crippen LogP contribution is 2.27. The third-order valence-electron chi connectivity index (χ3n) is 5.91. The smallest absolute Gasteiger partial charge is 0.409 e. The molecule has 28 heavy (non-hydrogen) atoms. The van der Waals surface area contributed by atoms with Gasteiger partial charge in [0.05, 0.1) is 13.0 Å². The quantitative estimate of drug-likeness (QED) is 0.859. The van der Waals surface area contributed by atoms with Gasteiger partial charge in [0.2, 0.25) is 11.8 Å². The Labute approximate surface area is 166 Å². The van der Waals surface area contributed by atoms with Gasteiger partial charge in [0.15, 0.2) is 0 Å². The largest absolute Gasteiger partial charge is 0.453 e. The number of likely N-dealkylation sites (tertiary alicyclic amines) is 1. The minimum Gasteiger partial charge on any atom is -0.453 e. The third kappa shape index (κ3) is 4.46. The van der Waals surface area contributed by atoms with Crippen LogP contribution in [-0.4, -0.2) is 56.1 Å². The lowest BCUT2D eigenvalue weighted by Gasteiger charge is -2.31. The Hall–Kier alpha value is -2.57. The van der Waals surface area contributed by atoms with Crippen molar-refractivity contribution in [2.24, 2.45) is 11.8 Å². The number of benzene rings is 1. The van der Waals surface area contributed by atoms with Crippen molar-refractivity contribution < 1.29 is 19.1 Å². The molecular weight excluding hydrogens is 358 g/mol. The van der Waals surface area contributed by atoms with Crippen LogP contribution in [0.3, 0.4) is 0 Å². The van der Waals surface area contributed by atoms with Crippen molar-refractivity contribution in [2.45, 2.75) is 33.1 Å². The third-order valence-corrected chi connectivity index (χ3v) is 5.91. The molecule has 0 spiro atoms. The number of ether oxygens (including phenoxy) is 1. The zero-order valence-corrected chi connectivity index (χ0v) is 16.9. The van der Waals surface area contributed by atoms with Crippen LogP contribution in [0.25, 0.3) is 0 Å². The van der Waals surface area contributed by atoms with Crippen molar-refractivity contribution in [1.82, 2.24) is 10.2 Å². The van der Waals surface area contributed by atoms with Gasteiger partial charge in [-0.05, 0) is 55.9 Å². The van der Waals surface area contributed by atoms with Gasteiger partial charge in [-0.3, -0.25) is 9.59 Å². The van der Waals surface area contributed by atoms with Gasteiger partial charge in [0.1, 0.15) is 0 Å². The van der Waals surface area contributed by atoms with Gasteiger partial charge in [-0.1, -0.05) is 6.07 Å². The van der Waals surface area contributed by atoms with E-state index in [2.05, 4.69) is 5.32 Å². The molecule has 2 aliphatic heterocycles. The van der Waals surface area contributed by atoms with Crippen LogP contribution in [0.2, 0.25) is 0 Å². The average Bonchev–Trinajstić information content (AvgIpc) is 3.09. The lowest BCUT2D eigenvalue weighted by atomic mass is 9.96. The Morgan fingerprint density at radius 3 is 2.54 bits per heavy atom. The van der Waals surface area contributed by atoms with Crippen LogP contribution in [0, 0.1) is 25.7 Å². The van der Waals surface area contributed by atoms with E-state index in [0.29, 0.717) is 32.1 Å². The summed E-state index contributed by atoms with van der Waals surface area (Å²) in [4.78, 5) is 39.9. The summed E-state index contributed by atoms with van der Waals surface area (Å²) >= 11 is 0. The van der Waals surface area contributed by atoms with E-state index in [4.69, 9.17) is 4.74 Å². The van der Waals surface area contributed by atoms with Gasteiger partial charge >= 0.3 is 6.09 Å². The van der Waals surface area contributed by atoms with Crippen LogP contribution in [0.1, 0.15) is 30.4 Å². The number of nitrogens with zero attached hydrogens (tertiary/aromatic N) is 2. The summed E-state index contributed by atoms with van der Waals surface area (Å²) < 4.78 is 4.74. The first-order chi connectivity index (χ1) is 13.4. The van der Waals surface area contributed by atoms with Crippen molar-refractivity contribution in [2.75, 3.05) is 38.2 Å². The topological polar surface area (TPSA) is 79.0 Å². The van der Waals surface area contributed by atoms with E-state index in [9.17, 15) is 14.4 Å². The van der Waals surface area contributed by atoms with Crippen molar-refractivity contribution in [3.05, 3.63) is 29.3 Å². The summed E-state index contributed by atoms with van der Waals surface area (Å²) in [5.41, 5.74) is 3.18. The number of nitrogens with one attached hydrogen (secondary N) is 1. The molecule has 7 heteroatoms. The molecule has 1 atom stereocenters. The van der Waals surface area contributed by atoms with Crippen LogP contribution in [0.4, 0.5) is 10.5 Å². The number of piperidine rings is 1. The standard InChI is InChI=1S/C21H29N3O4/c1-14-4-5-18(10-15(14)2)24-13-17(11-19(24)25)20(26)22-12-16-6-8-23(9-7-16)21(27)28-3/h4-5,10,16-17H,6-9,11-13H2,1-3H3,(H,22,26)/t17-/m1/s1. The highest BCUT2D eigenvalue weighted by Gasteiger charge is 2.35. The summed E-state index contributed by atoms with van der Waals surface area (Å²) in [7, 11) is 1.39. The number of rotatable bonds is 4. The Kier molecular flexibility index (Phi) is 6.21. The maximum absolute atomic E-state index is 12.6. The minimum atomic E-state index is -0.315. The maximum atomic E-state index is 12.6. The summed E-state index contributed by atoms with van der Waals surface area (Å²) in [6.45, 7) is 6.37. The number of hydrogen-bond donors (Lipinski definition) is 1. The second-order valence-electron chi connectivity index (χ2n) is 7.82. The van der Waals surface area contributed by atoms with Crippen LogP contribution in [-0.2, 0) is 14.3 Å². The number of carbonyl (C=O) groups excluding carboxylic acids is 3. The summed E-state index contributed by atoms with van der Waals surface area (Å²) in [5.74, 6) is -0.0352. The normalized spacial score (nSPS) is 20.4. The average molecular weight is 387 g/mol. The van der Waals surface area contributed by atoms with Gasteiger partial charge < -0.3 is 19.9 Å². The summed E-state index contributed by atoms with van der Waals surface area (Å²) in [5, 5.41) is 3.01. The highest BCUT2D eigenvalue weighted by molar-refractivity contribution is 6.00. The molecule has 7 nitrogen and oxygen atoms in total. The molecule has 0 saturated carbocycles. The molecule has 2 fully saturated rings. The number of anilines is 1. The van der Waals surface area contributed by atoms with E-state index in [1.54, 1.807) is 9.80 Å². The van der Waals surface area contributed by atoms with E-state index in [1.165, 1.54) is 12.7 Å². The molecule has 0 radical (unpaired) electrons. The number of carbonyl (C=O) groups is 3. The zero-order chi connectivity index (χ0) is 20.3. The van der Waals surface area contributed by atoms with E-state index < -0.39 is 0 Å². The molecular formula is C21H29N3O4. The first-order valence-electron chi connectivity index (χ1n) is 9.87. The lowest BCUT2D eigenvalue weighted by Crippen LogP contribution is -2.42. The number of methoxy groups -OCH3 is 1. The predicted molar refractivity (Wildman–Crippen MR) is 106 cm³/mol. The lowest BCUT2D eigenvalue weighted by molar-refractivity contribution is -0.126. The van der Waals surface area contributed by atoms with E-state index in [1.807, 2.05) is 32.0 Å². The molecule has 3 amide bonds. The summed E-state index contributed by atoms with van der Waals surface area (Å²) in [6.07, 6.45) is 1.64. The molecule has 0 aromatic heterocycles. The predicted octanol–water partition coefficient (Wildman–Crippen LogP) is 2.25. The van der Waals surface area contributed by atoms with Crippen molar-refractivity contribution >= 4 is 23.6 Å². The van der Waals surface area contributed by atoms with Gasteiger partial charge in [0, 0.05) is 38.3 Å². The fourth-order valence-electron chi connectivity index (χ4n) is 3.86. The molecule has 1 N–H and O–H groups in total. The Bertz CT molecular complexity index is 756. The maximum Gasteiger partial charge on any atom is 0.409 e. The van der Waals surface area contributed by atoms with E-state index in [-0.39, 0.29) is 30.2 Å². The Morgan fingerprint density at radius 1 is 1.18 bits per heavy atom. The fraction of sp³-hybridized carbons (Fsp3) is 0.571. The molecule has 2 saturated heterocycles. The van der Waals surface area contributed by atoms with E-state index in [0.717, 1.165) is 24.1 Å². The highest BCUT2D eigenvalue weighted by atomic mass is 16.5. The number of hydrogen-bond acceptors (Lipinski definition) is 4. The second kappa shape index (κ2) is 8.63. The van der Waals surface area contributed by atoms with Gasteiger partial charge in [-0.25, -0.2) is 4.79 Å². The van der Waals surface area contributed by atoms with Crippen molar-refractivity contribution in [3.8, 4) is 0 Å². The Morgan fingerprint density at radius 2 is 1.89 bits per heavy atom. The molecule has 1 aromatic carbocycles. The minimum absolute atomic E-state index is 0.00482. The van der Waals surface area contributed by atoms with Crippen molar-refractivity contribution in [3.63, 3.8) is 0 Å². The van der Waals surface area contributed by atoms with Crippen LogP contribution >= 0.6 is 0 Å². The van der Waals surface area contributed by atoms with Crippen LogP contribution < -0.4 is 10.2 Å². The van der Waals surface area contributed by atoms with Gasteiger partial charge in [-0.2, -0.15) is 0 Å². The van der Waals surface area contributed by atoms with Crippen LogP contribution in [0.5, 0.6) is 0 Å². The first-order valence-corrected chi connectivity index (χ1v) is 9.87. The molecule has 2 aliphatic rings.